The van der Waals surface area contributed by atoms with Crippen molar-refractivity contribution in [1.29, 1.82) is 0 Å². The second-order valence-electron chi connectivity index (χ2n) is 8.53. The van der Waals surface area contributed by atoms with Crippen LogP contribution in [0.3, 0.4) is 0 Å². The molecule has 36 heavy (non-hydrogen) atoms. The average molecular weight is 528 g/mol. The van der Waals surface area contributed by atoms with Gasteiger partial charge in [-0.3, -0.25) is 13.9 Å². The molecule has 0 aliphatic heterocycles. The highest BCUT2D eigenvalue weighted by Gasteiger charge is 2.32. The average Bonchev–Trinajstić information content (AvgIpc) is 2.88. The zero-order valence-electron chi connectivity index (χ0n) is 20.7. The van der Waals surface area contributed by atoms with Gasteiger partial charge >= 0.3 is 0 Å². The first-order chi connectivity index (χ1) is 17.0. The largest absolute Gasteiger partial charge is 0.357 e. The lowest BCUT2D eigenvalue weighted by Gasteiger charge is -2.32. The molecule has 1 N–H and O–H groups in total. The van der Waals surface area contributed by atoms with Crippen LogP contribution in [0.15, 0.2) is 77.7 Å². The molecule has 3 aromatic carbocycles. The van der Waals surface area contributed by atoms with Gasteiger partial charge in [-0.2, -0.15) is 0 Å². The van der Waals surface area contributed by atoms with Crippen LogP contribution in [-0.2, 0) is 26.2 Å². The standard InChI is InChI=1S/C27H30ClN3O4S/c1-19-10-15-24(16-20(19)2)31(36(34,35)25-8-6-5-7-9-25)18-26(32)30(21(3)27(33)29-4)17-22-11-13-23(28)14-12-22/h5-16,21H,17-18H2,1-4H3,(H,29,33)/t21-/m1/s1. The molecule has 0 saturated heterocycles. The number of halogens is 1. The fourth-order valence-corrected chi connectivity index (χ4v) is 5.26. The second kappa shape index (κ2) is 11.6. The first-order valence-corrected chi connectivity index (χ1v) is 13.3. The maximum absolute atomic E-state index is 13.7. The van der Waals surface area contributed by atoms with Gasteiger partial charge < -0.3 is 10.2 Å². The Balaban J connectivity index is 2.04. The van der Waals surface area contributed by atoms with Crippen molar-refractivity contribution in [1.82, 2.24) is 10.2 Å². The molecule has 1 atom stereocenters. The number of likely N-dealkylation sites (N-methyl/N-ethyl adjacent to an activating group) is 1. The van der Waals surface area contributed by atoms with Gasteiger partial charge in [0.15, 0.2) is 0 Å². The van der Waals surface area contributed by atoms with Gasteiger partial charge in [0.2, 0.25) is 11.8 Å². The van der Waals surface area contributed by atoms with Crippen molar-refractivity contribution >= 4 is 39.1 Å². The highest BCUT2D eigenvalue weighted by Crippen LogP contribution is 2.26. The molecule has 0 aliphatic carbocycles. The number of hydrogen-bond donors (Lipinski definition) is 1. The topological polar surface area (TPSA) is 86.8 Å². The van der Waals surface area contributed by atoms with E-state index in [0.717, 1.165) is 21.0 Å². The third-order valence-corrected chi connectivity index (χ3v) is 8.11. The molecule has 3 aromatic rings. The maximum atomic E-state index is 13.7. The van der Waals surface area contributed by atoms with Crippen LogP contribution in [0, 0.1) is 13.8 Å². The molecular formula is C27H30ClN3O4S. The van der Waals surface area contributed by atoms with E-state index in [4.69, 9.17) is 11.6 Å². The van der Waals surface area contributed by atoms with Crippen molar-refractivity contribution in [3.8, 4) is 0 Å². The second-order valence-corrected chi connectivity index (χ2v) is 10.8. The zero-order chi connectivity index (χ0) is 26.5. The molecule has 0 aliphatic rings. The van der Waals surface area contributed by atoms with Crippen LogP contribution in [0.5, 0.6) is 0 Å². The minimum absolute atomic E-state index is 0.0691. The van der Waals surface area contributed by atoms with E-state index < -0.39 is 28.5 Å². The van der Waals surface area contributed by atoms with E-state index >= 15 is 0 Å². The van der Waals surface area contributed by atoms with Crippen LogP contribution < -0.4 is 9.62 Å². The van der Waals surface area contributed by atoms with Crippen LogP contribution in [0.25, 0.3) is 0 Å². The van der Waals surface area contributed by atoms with E-state index in [-0.39, 0.29) is 17.3 Å². The number of nitrogens with zero attached hydrogens (tertiary/aromatic N) is 2. The number of aryl methyl sites for hydroxylation is 2. The third kappa shape index (κ3) is 6.25. The van der Waals surface area contributed by atoms with Crippen molar-refractivity contribution in [2.45, 2.75) is 38.3 Å². The highest BCUT2D eigenvalue weighted by atomic mass is 35.5. The van der Waals surface area contributed by atoms with Gasteiger partial charge in [0, 0.05) is 18.6 Å². The summed E-state index contributed by atoms with van der Waals surface area (Å²) in [5.41, 5.74) is 3.02. The lowest BCUT2D eigenvalue weighted by Crippen LogP contribution is -2.50. The Morgan fingerprint density at radius 2 is 1.58 bits per heavy atom. The third-order valence-electron chi connectivity index (χ3n) is 6.07. The van der Waals surface area contributed by atoms with Crippen molar-refractivity contribution in [2.24, 2.45) is 0 Å². The molecular weight excluding hydrogens is 498 g/mol. The number of hydrogen-bond acceptors (Lipinski definition) is 4. The van der Waals surface area contributed by atoms with Gasteiger partial charge in [-0.25, -0.2) is 8.42 Å². The minimum Gasteiger partial charge on any atom is -0.357 e. The predicted molar refractivity (Wildman–Crippen MR) is 142 cm³/mol. The lowest BCUT2D eigenvalue weighted by molar-refractivity contribution is -0.139. The molecule has 0 bridgehead atoms. The minimum atomic E-state index is -4.07. The summed E-state index contributed by atoms with van der Waals surface area (Å²) >= 11 is 6.00. The van der Waals surface area contributed by atoms with E-state index in [9.17, 15) is 18.0 Å². The lowest BCUT2D eigenvalue weighted by atomic mass is 10.1. The number of benzene rings is 3. The fourth-order valence-electron chi connectivity index (χ4n) is 3.71. The number of amides is 2. The molecule has 0 heterocycles. The van der Waals surface area contributed by atoms with Crippen LogP contribution >= 0.6 is 11.6 Å². The Morgan fingerprint density at radius 3 is 2.17 bits per heavy atom. The Bertz CT molecular complexity index is 1330. The molecule has 0 spiro atoms. The molecule has 9 heteroatoms. The Kier molecular flexibility index (Phi) is 8.76. The van der Waals surface area contributed by atoms with E-state index in [1.54, 1.807) is 61.5 Å². The monoisotopic (exact) mass is 527 g/mol. The summed E-state index contributed by atoms with van der Waals surface area (Å²) in [6.45, 7) is 5.05. The number of anilines is 1. The Hall–Kier alpha value is -3.36. The first-order valence-electron chi connectivity index (χ1n) is 11.4. The maximum Gasteiger partial charge on any atom is 0.264 e. The smallest absolute Gasteiger partial charge is 0.264 e. The van der Waals surface area contributed by atoms with Crippen molar-refractivity contribution in [2.75, 3.05) is 17.9 Å². The number of rotatable bonds is 9. The van der Waals surface area contributed by atoms with Crippen molar-refractivity contribution in [3.63, 3.8) is 0 Å². The van der Waals surface area contributed by atoms with E-state index in [2.05, 4.69) is 5.32 Å². The Labute approximate surface area is 217 Å². The number of sulfonamides is 1. The van der Waals surface area contributed by atoms with Crippen LogP contribution in [0.1, 0.15) is 23.6 Å². The summed E-state index contributed by atoms with van der Waals surface area (Å²) in [6.07, 6.45) is 0. The Morgan fingerprint density at radius 1 is 0.944 bits per heavy atom. The van der Waals surface area contributed by atoms with E-state index in [0.29, 0.717) is 10.7 Å². The molecule has 0 saturated carbocycles. The molecule has 190 valence electrons. The van der Waals surface area contributed by atoms with Crippen molar-refractivity contribution in [3.05, 3.63) is 94.5 Å². The van der Waals surface area contributed by atoms with Crippen LogP contribution in [-0.4, -0.2) is 44.8 Å². The predicted octanol–water partition coefficient (Wildman–Crippen LogP) is 4.32. The first kappa shape index (κ1) is 27.2. The van der Waals surface area contributed by atoms with Gasteiger partial charge in [0.1, 0.15) is 12.6 Å². The molecule has 0 unspecified atom stereocenters. The molecule has 0 fully saturated rings. The van der Waals surface area contributed by atoms with Gasteiger partial charge in [-0.1, -0.05) is 48.0 Å². The summed E-state index contributed by atoms with van der Waals surface area (Å²) in [7, 11) is -2.58. The SMILES string of the molecule is CNC(=O)[C@@H](C)N(Cc1ccc(Cl)cc1)C(=O)CN(c1ccc(C)c(C)c1)S(=O)(=O)c1ccccc1. The fraction of sp³-hybridized carbons (Fsp3) is 0.259. The molecule has 7 nitrogen and oxygen atoms in total. The summed E-state index contributed by atoms with van der Waals surface area (Å²) < 4.78 is 28.5. The van der Waals surface area contributed by atoms with Gasteiger partial charge in [-0.05, 0) is 73.9 Å². The summed E-state index contributed by atoms with van der Waals surface area (Å²) in [6, 6.07) is 19.3. The van der Waals surface area contributed by atoms with Crippen LogP contribution in [0.4, 0.5) is 5.69 Å². The summed E-state index contributed by atoms with van der Waals surface area (Å²) in [4.78, 5) is 27.6. The molecule has 0 radical (unpaired) electrons. The quantitative estimate of drug-likeness (QED) is 0.449. The van der Waals surface area contributed by atoms with E-state index in [1.807, 2.05) is 19.9 Å². The van der Waals surface area contributed by atoms with Crippen molar-refractivity contribution < 1.29 is 18.0 Å². The summed E-state index contributed by atoms with van der Waals surface area (Å²) in [5, 5.41) is 3.11. The van der Waals surface area contributed by atoms with Gasteiger partial charge in [0.05, 0.1) is 10.6 Å². The normalized spacial score (nSPS) is 12.0. The number of carbonyl (C=O) groups excluding carboxylic acids is 2. The molecule has 3 rings (SSSR count). The summed E-state index contributed by atoms with van der Waals surface area (Å²) in [5.74, 6) is -0.875. The van der Waals surface area contributed by atoms with Gasteiger partial charge in [-0.15, -0.1) is 0 Å². The number of carbonyl (C=O) groups is 2. The zero-order valence-corrected chi connectivity index (χ0v) is 22.3. The van der Waals surface area contributed by atoms with Gasteiger partial charge in [0.25, 0.3) is 10.0 Å². The number of nitrogens with one attached hydrogen (secondary N) is 1. The molecule has 2 amide bonds. The molecule has 0 aromatic heterocycles. The van der Waals surface area contributed by atoms with E-state index in [1.165, 1.54) is 24.1 Å². The van der Waals surface area contributed by atoms with Crippen LogP contribution in [0.2, 0.25) is 5.02 Å². The highest BCUT2D eigenvalue weighted by molar-refractivity contribution is 7.92.